The topological polar surface area (TPSA) is 77.0 Å². The fraction of sp³-hybridized carbons (Fsp3) is 0.688. The van der Waals surface area contributed by atoms with Crippen LogP contribution in [0.15, 0.2) is 6.20 Å². The van der Waals surface area contributed by atoms with Gasteiger partial charge in [0.15, 0.2) is 0 Å². The van der Waals surface area contributed by atoms with Gasteiger partial charge in [0.2, 0.25) is 5.95 Å². The van der Waals surface area contributed by atoms with Gasteiger partial charge in [-0.3, -0.25) is 4.79 Å². The number of rotatable bonds is 5. The lowest BCUT2D eigenvalue weighted by molar-refractivity contribution is -0.147. The highest BCUT2D eigenvalue weighted by Crippen LogP contribution is 2.21. The van der Waals surface area contributed by atoms with Gasteiger partial charge in [0.05, 0.1) is 30.5 Å². The third-order valence-electron chi connectivity index (χ3n) is 4.31. The summed E-state index contributed by atoms with van der Waals surface area (Å²) in [4.78, 5) is 24.9. The molecule has 2 heterocycles. The summed E-state index contributed by atoms with van der Waals surface area (Å²) in [5.41, 5.74) is 1.11. The SMILES string of the molecule is CO[C@H]1[C@H](N(C)C(=O)c2cnc(N(C)C)nc2C)COC[C@H]1OC. The third-order valence-corrected chi connectivity index (χ3v) is 4.31. The highest BCUT2D eigenvalue weighted by molar-refractivity contribution is 5.95. The van der Waals surface area contributed by atoms with E-state index < -0.39 is 0 Å². The van der Waals surface area contributed by atoms with Crippen molar-refractivity contribution in [2.24, 2.45) is 0 Å². The second-order valence-corrected chi connectivity index (χ2v) is 6.06. The number of nitrogens with zero attached hydrogens (tertiary/aromatic N) is 4. The van der Waals surface area contributed by atoms with Crippen LogP contribution >= 0.6 is 0 Å². The average Bonchev–Trinajstić information content (AvgIpc) is 2.59. The Kier molecular flexibility index (Phi) is 6.09. The first-order chi connectivity index (χ1) is 11.4. The zero-order valence-corrected chi connectivity index (χ0v) is 15.1. The highest BCUT2D eigenvalue weighted by atomic mass is 16.6. The van der Waals surface area contributed by atoms with Crippen molar-refractivity contribution in [1.29, 1.82) is 0 Å². The van der Waals surface area contributed by atoms with Gasteiger partial charge in [-0.25, -0.2) is 9.97 Å². The second-order valence-electron chi connectivity index (χ2n) is 6.06. The molecule has 1 aromatic rings. The Labute approximate surface area is 142 Å². The maximum Gasteiger partial charge on any atom is 0.257 e. The molecule has 1 aromatic heterocycles. The Hall–Kier alpha value is -1.77. The van der Waals surface area contributed by atoms with E-state index in [0.29, 0.717) is 30.4 Å². The first-order valence-electron chi connectivity index (χ1n) is 7.82. The molecule has 1 saturated heterocycles. The van der Waals surface area contributed by atoms with E-state index in [9.17, 15) is 4.79 Å². The molecule has 1 aliphatic rings. The molecule has 8 nitrogen and oxygen atoms in total. The number of hydrogen-bond acceptors (Lipinski definition) is 7. The average molecular weight is 338 g/mol. The normalized spacial score (nSPS) is 23.8. The summed E-state index contributed by atoms with van der Waals surface area (Å²) in [6.45, 7) is 2.66. The van der Waals surface area contributed by atoms with Crippen molar-refractivity contribution < 1.29 is 19.0 Å². The van der Waals surface area contributed by atoms with E-state index >= 15 is 0 Å². The summed E-state index contributed by atoms with van der Waals surface area (Å²) < 4.78 is 16.5. The van der Waals surface area contributed by atoms with Crippen LogP contribution < -0.4 is 4.90 Å². The van der Waals surface area contributed by atoms with Crippen LogP contribution in [-0.2, 0) is 14.2 Å². The minimum absolute atomic E-state index is 0.162. The lowest BCUT2D eigenvalue weighted by Crippen LogP contribution is -2.57. The Morgan fingerprint density at radius 2 is 1.96 bits per heavy atom. The van der Waals surface area contributed by atoms with Crippen molar-refractivity contribution in [3.05, 3.63) is 17.5 Å². The molecule has 8 heteroatoms. The monoisotopic (exact) mass is 338 g/mol. The molecule has 0 aromatic carbocycles. The van der Waals surface area contributed by atoms with Crippen LogP contribution in [0.3, 0.4) is 0 Å². The second kappa shape index (κ2) is 7.87. The molecule has 0 radical (unpaired) electrons. The van der Waals surface area contributed by atoms with Crippen LogP contribution in [0.2, 0.25) is 0 Å². The lowest BCUT2D eigenvalue weighted by Gasteiger charge is -2.40. The van der Waals surface area contributed by atoms with Crippen molar-refractivity contribution in [1.82, 2.24) is 14.9 Å². The van der Waals surface area contributed by atoms with Crippen molar-refractivity contribution >= 4 is 11.9 Å². The van der Waals surface area contributed by atoms with E-state index in [0.717, 1.165) is 0 Å². The minimum atomic E-state index is -0.250. The first kappa shape index (κ1) is 18.6. The lowest BCUT2D eigenvalue weighted by atomic mass is 10.0. The molecule has 0 bridgehead atoms. The van der Waals surface area contributed by atoms with Crippen LogP contribution in [0.4, 0.5) is 5.95 Å². The maximum absolute atomic E-state index is 12.9. The number of amides is 1. The molecule has 0 spiro atoms. The third kappa shape index (κ3) is 3.66. The molecular weight excluding hydrogens is 312 g/mol. The maximum atomic E-state index is 12.9. The number of ether oxygens (including phenoxy) is 3. The van der Waals surface area contributed by atoms with Gasteiger partial charge in [-0.2, -0.15) is 0 Å². The molecule has 1 fully saturated rings. The van der Waals surface area contributed by atoms with Crippen molar-refractivity contribution in [2.75, 3.05) is 53.5 Å². The number of aryl methyl sites for hydroxylation is 1. The molecule has 134 valence electrons. The van der Waals surface area contributed by atoms with Gasteiger partial charge in [0.1, 0.15) is 12.2 Å². The zero-order chi connectivity index (χ0) is 17.9. The Morgan fingerprint density at radius 3 is 2.50 bits per heavy atom. The quantitative estimate of drug-likeness (QED) is 0.767. The number of carbonyl (C=O) groups excluding carboxylic acids is 1. The molecule has 0 saturated carbocycles. The van der Waals surface area contributed by atoms with E-state index in [-0.39, 0.29) is 24.2 Å². The number of carbonyl (C=O) groups is 1. The van der Waals surface area contributed by atoms with Crippen molar-refractivity contribution in [2.45, 2.75) is 25.2 Å². The number of aromatic nitrogens is 2. The number of likely N-dealkylation sites (N-methyl/N-ethyl adjacent to an activating group) is 1. The zero-order valence-electron chi connectivity index (χ0n) is 15.1. The van der Waals surface area contributed by atoms with Gasteiger partial charge in [-0.1, -0.05) is 0 Å². The number of anilines is 1. The van der Waals surface area contributed by atoms with E-state index in [4.69, 9.17) is 14.2 Å². The molecule has 0 aliphatic carbocycles. The van der Waals surface area contributed by atoms with Gasteiger partial charge >= 0.3 is 0 Å². The van der Waals surface area contributed by atoms with Gasteiger partial charge in [-0.05, 0) is 6.92 Å². The molecule has 24 heavy (non-hydrogen) atoms. The van der Waals surface area contributed by atoms with Gasteiger partial charge in [0.25, 0.3) is 5.91 Å². The summed E-state index contributed by atoms with van der Waals surface area (Å²) in [6, 6.07) is -0.242. The largest absolute Gasteiger partial charge is 0.376 e. The van der Waals surface area contributed by atoms with Crippen molar-refractivity contribution in [3.8, 4) is 0 Å². The van der Waals surface area contributed by atoms with Crippen molar-refractivity contribution in [3.63, 3.8) is 0 Å². The summed E-state index contributed by atoms with van der Waals surface area (Å²) in [5.74, 6) is 0.409. The van der Waals surface area contributed by atoms with Gasteiger partial charge in [0, 0.05) is 41.6 Å². The molecule has 1 aliphatic heterocycles. The first-order valence-corrected chi connectivity index (χ1v) is 7.82. The van der Waals surface area contributed by atoms with Crippen LogP contribution in [0.1, 0.15) is 16.1 Å². The standard InChI is InChI=1S/C16H26N4O4/c1-10-11(7-17-16(18-10)19(2)3)15(21)20(4)12-8-24-9-13(22-5)14(12)23-6/h7,12-14H,8-9H2,1-6H3/t12-,13-,14+/m1/s1. The van der Waals surface area contributed by atoms with Gasteiger partial charge in [-0.15, -0.1) is 0 Å². The predicted octanol–water partition coefficient (Wildman–Crippen LogP) is 0.352. The summed E-state index contributed by atoms with van der Waals surface area (Å²) >= 11 is 0. The van der Waals surface area contributed by atoms with Crippen LogP contribution in [0.25, 0.3) is 0 Å². The Balaban J connectivity index is 2.22. The molecule has 2 rings (SSSR count). The van der Waals surface area contributed by atoms with Gasteiger partial charge < -0.3 is 24.0 Å². The summed E-state index contributed by atoms with van der Waals surface area (Å²) in [6.07, 6.45) is 1.10. The number of hydrogen-bond donors (Lipinski definition) is 0. The van der Waals surface area contributed by atoms with E-state index in [2.05, 4.69) is 9.97 Å². The molecule has 1 amide bonds. The van der Waals surface area contributed by atoms with Crippen LogP contribution in [0.5, 0.6) is 0 Å². The molecule has 3 atom stereocenters. The summed E-state index contributed by atoms with van der Waals surface area (Å²) in [5, 5.41) is 0. The Bertz CT molecular complexity index is 581. The molecular formula is C16H26N4O4. The minimum Gasteiger partial charge on any atom is -0.376 e. The van der Waals surface area contributed by atoms with Crippen LogP contribution in [0, 0.1) is 6.92 Å². The fourth-order valence-corrected chi connectivity index (χ4v) is 2.81. The molecule has 0 N–H and O–H groups in total. The highest BCUT2D eigenvalue weighted by Gasteiger charge is 2.39. The Morgan fingerprint density at radius 1 is 1.25 bits per heavy atom. The van der Waals surface area contributed by atoms with Crippen LogP contribution in [-0.4, -0.2) is 87.6 Å². The summed E-state index contributed by atoms with van der Waals surface area (Å²) in [7, 11) is 8.68. The van der Waals surface area contributed by atoms with E-state index in [1.165, 1.54) is 0 Å². The molecule has 0 unspecified atom stereocenters. The van der Waals surface area contributed by atoms with E-state index in [1.54, 1.807) is 44.2 Å². The predicted molar refractivity (Wildman–Crippen MR) is 89.4 cm³/mol. The van der Waals surface area contributed by atoms with E-state index in [1.807, 2.05) is 14.1 Å². The smallest absolute Gasteiger partial charge is 0.257 e. The number of methoxy groups -OCH3 is 2. The fourth-order valence-electron chi connectivity index (χ4n) is 2.81.